The van der Waals surface area contributed by atoms with Crippen LogP contribution in [-0.4, -0.2) is 17.0 Å². The molecule has 21 heavy (non-hydrogen) atoms. The van der Waals surface area contributed by atoms with Crippen LogP contribution in [0.4, 0.5) is 0 Å². The molecule has 0 amide bonds. The van der Waals surface area contributed by atoms with Crippen LogP contribution in [-0.2, 0) is 0 Å². The molecule has 0 aromatic rings. The van der Waals surface area contributed by atoms with E-state index in [9.17, 15) is 0 Å². The summed E-state index contributed by atoms with van der Waals surface area (Å²) in [5.74, 6) is 3.00. The molecule has 0 spiro atoms. The van der Waals surface area contributed by atoms with Gasteiger partial charge in [-0.25, -0.2) is 0 Å². The maximum atomic E-state index is 4.47. The molecule has 4 atom stereocenters. The topological polar surface area (TPSA) is 3.24 Å². The fraction of sp³-hybridized carbons (Fsp3) is 0.900. The number of likely N-dealkylation sites (tertiary alicyclic amines) is 1. The quantitative estimate of drug-likeness (QED) is 0.559. The first-order valence-electron chi connectivity index (χ1n) is 9.00. The van der Waals surface area contributed by atoms with E-state index < -0.39 is 0 Å². The van der Waals surface area contributed by atoms with Crippen molar-refractivity contribution < 1.29 is 0 Å². The number of rotatable bonds is 7. The summed E-state index contributed by atoms with van der Waals surface area (Å²) >= 11 is 0. The molecule has 1 fully saturated rings. The van der Waals surface area contributed by atoms with Crippen LogP contribution in [0.3, 0.4) is 0 Å². The Morgan fingerprint density at radius 3 is 1.90 bits per heavy atom. The van der Waals surface area contributed by atoms with E-state index in [-0.39, 0.29) is 0 Å². The zero-order valence-corrected chi connectivity index (χ0v) is 16.0. The fourth-order valence-electron chi connectivity index (χ4n) is 4.52. The minimum atomic E-state index is 0.307. The molecule has 0 bridgehead atoms. The summed E-state index contributed by atoms with van der Waals surface area (Å²) in [7, 11) is 0. The standard InChI is InChI=1S/C20H39N/c1-13(2)11-19(15(5)6)16(7)21-17(8)20(10,18(21)9)12-14(3)4/h13-16,18-19H,8,11-12H2,1-7,9-10H3. The number of hydrogen-bond donors (Lipinski definition) is 0. The Kier molecular flexibility index (Phi) is 5.98. The van der Waals surface area contributed by atoms with Crippen LogP contribution in [0, 0.1) is 29.1 Å². The summed E-state index contributed by atoms with van der Waals surface area (Å²) in [6, 6.07) is 1.23. The summed E-state index contributed by atoms with van der Waals surface area (Å²) in [5.41, 5.74) is 1.69. The summed E-state index contributed by atoms with van der Waals surface area (Å²) in [6.45, 7) is 25.8. The van der Waals surface area contributed by atoms with Gasteiger partial charge in [0.2, 0.25) is 0 Å². The third-order valence-corrected chi connectivity index (χ3v) is 5.80. The zero-order chi connectivity index (χ0) is 16.5. The van der Waals surface area contributed by atoms with Gasteiger partial charge in [-0.2, -0.15) is 0 Å². The van der Waals surface area contributed by atoms with Crippen LogP contribution in [0.25, 0.3) is 0 Å². The van der Waals surface area contributed by atoms with Crippen molar-refractivity contribution in [2.75, 3.05) is 0 Å². The monoisotopic (exact) mass is 293 g/mol. The van der Waals surface area contributed by atoms with E-state index in [0.29, 0.717) is 17.5 Å². The zero-order valence-electron chi connectivity index (χ0n) is 16.0. The van der Waals surface area contributed by atoms with E-state index in [2.05, 4.69) is 73.8 Å². The van der Waals surface area contributed by atoms with Crippen molar-refractivity contribution in [3.8, 4) is 0 Å². The molecular formula is C20H39N. The molecule has 1 heteroatoms. The summed E-state index contributed by atoms with van der Waals surface area (Å²) < 4.78 is 0. The van der Waals surface area contributed by atoms with E-state index in [1.165, 1.54) is 18.5 Å². The van der Waals surface area contributed by atoms with E-state index in [1.54, 1.807) is 0 Å². The molecule has 1 rings (SSSR count). The van der Waals surface area contributed by atoms with Crippen molar-refractivity contribution in [3.63, 3.8) is 0 Å². The molecule has 0 aromatic heterocycles. The number of hydrogen-bond acceptors (Lipinski definition) is 1. The van der Waals surface area contributed by atoms with Gasteiger partial charge in [-0.1, -0.05) is 55.0 Å². The highest BCUT2D eigenvalue weighted by molar-refractivity contribution is 5.25. The lowest BCUT2D eigenvalue weighted by atomic mass is 9.64. The van der Waals surface area contributed by atoms with Gasteiger partial charge in [0.25, 0.3) is 0 Å². The molecule has 124 valence electrons. The van der Waals surface area contributed by atoms with Crippen LogP contribution < -0.4 is 0 Å². The summed E-state index contributed by atoms with van der Waals surface area (Å²) in [5, 5.41) is 0. The second-order valence-electron chi connectivity index (χ2n) is 8.82. The SMILES string of the molecule is C=C1N(C(C)C(CC(C)C)C(C)C)C(C)C1(C)CC(C)C. The molecule has 0 aliphatic carbocycles. The summed E-state index contributed by atoms with van der Waals surface area (Å²) in [6.07, 6.45) is 2.57. The van der Waals surface area contributed by atoms with Crippen LogP contribution in [0.5, 0.6) is 0 Å². The molecule has 1 heterocycles. The van der Waals surface area contributed by atoms with Crippen molar-refractivity contribution >= 4 is 0 Å². The third-order valence-electron chi connectivity index (χ3n) is 5.80. The van der Waals surface area contributed by atoms with E-state index in [0.717, 1.165) is 23.7 Å². The predicted molar refractivity (Wildman–Crippen MR) is 95.2 cm³/mol. The van der Waals surface area contributed by atoms with Crippen LogP contribution in [0.15, 0.2) is 12.3 Å². The average molecular weight is 294 g/mol. The second kappa shape index (κ2) is 6.75. The average Bonchev–Trinajstić information content (AvgIpc) is 2.34. The minimum absolute atomic E-state index is 0.307. The highest BCUT2D eigenvalue weighted by Gasteiger charge is 2.52. The number of nitrogens with zero attached hydrogens (tertiary/aromatic N) is 1. The first kappa shape index (κ1) is 18.6. The summed E-state index contributed by atoms with van der Waals surface area (Å²) in [4.78, 5) is 2.62. The van der Waals surface area contributed by atoms with Gasteiger partial charge in [0.1, 0.15) is 0 Å². The van der Waals surface area contributed by atoms with Gasteiger partial charge in [-0.05, 0) is 50.4 Å². The smallest absolute Gasteiger partial charge is 0.0370 e. The van der Waals surface area contributed by atoms with Gasteiger partial charge < -0.3 is 4.90 Å². The first-order chi connectivity index (χ1) is 9.52. The van der Waals surface area contributed by atoms with Crippen molar-refractivity contribution in [2.45, 2.75) is 87.2 Å². The molecule has 1 aliphatic rings. The lowest BCUT2D eigenvalue weighted by Gasteiger charge is -2.62. The second-order valence-corrected chi connectivity index (χ2v) is 8.82. The lowest BCUT2D eigenvalue weighted by Crippen LogP contribution is -2.63. The largest absolute Gasteiger partial charge is 0.368 e. The Bertz CT molecular complexity index is 355. The Labute approximate surface area is 134 Å². The molecule has 0 saturated carbocycles. The normalized spacial score (nSPS) is 29.2. The van der Waals surface area contributed by atoms with Crippen LogP contribution in [0.2, 0.25) is 0 Å². The molecule has 1 saturated heterocycles. The Balaban J connectivity index is 2.84. The van der Waals surface area contributed by atoms with E-state index >= 15 is 0 Å². The van der Waals surface area contributed by atoms with Gasteiger partial charge >= 0.3 is 0 Å². The van der Waals surface area contributed by atoms with E-state index in [4.69, 9.17) is 0 Å². The molecular weight excluding hydrogens is 254 g/mol. The highest BCUT2D eigenvalue weighted by Crippen LogP contribution is 2.52. The Hall–Kier alpha value is -0.460. The van der Waals surface area contributed by atoms with Crippen molar-refractivity contribution in [1.82, 2.24) is 4.90 Å². The van der Waals surface area contributed by atoms with Crippen molar-refractivity contribution in [1.29, 1.82) is 0 Å². The molecule has 0 radical (unpaired) electrons. The van der Waals surface area contributed by atoms with E-state index in [1.807, 2.05) is 0 Å². The Morgan fingerprint density at radius 1 is 1.05 bits per heavy atom. The first-order valence-corrected chi connectivity index (χ1v) is 9.00. The highest BCUT2D eigenvalue weighted by atomic mass is 15.3. The predicted octanol–water partition coefficient (Wildman–Crippen LogP) is 5.96. The van der Waals surface area contributed by atoms with Crippen LogP contribution >= 0.6 is 0 Å². The van der Waals surface area contributed by atoms with Gasteiger partial charge in [-0.3, -0.25) is 0 Å². The lowest BCUT2D eigenvalue weighted by molar-refractivity contribution is -0.0487. The van der Waals surface area contributed by atoms with Gasteiger partial charge in [0.05, 0.1) is 0 Å². The van der Waals surface area contributed by atoms with Crippen molar-refractivity contribution in [2.24, 2.45) is 29.1 Å². The Morgan fingerprint density at radius 2 is 1.57 bits per heavy atom. The maximum Gasteiger partial charge on any atom is 0.0370 e. The molecule has 1 nitrogen and oxygen atoms in total. The minimum Gasteiger partial charge on any atom is -0.368 e. The molecule has 0 aromatic carbocycles. The third kappa shape index (κ3) is 3.66. The molecule has 4 unspecified atom stereocenters. The van der Waals surface area contributed by atoms with Crippen LogP contribution in [0.1, 0.15) is 75.2 Å². The van der Waals surface area contributed by atoms with Gasteiger partial charge in [0, 0.05) is 23.2 Å². The van der Waals surface area contributed by atoms with Gasteiger partial charge in [-0.15, -0.1) is 0 Å². The fourth-order valence-corrected chi connectivity index (χ4v) is 4.52. The molecule has 0 N–H and O–H groups in total. The van der Waals surface area contributed by atoms with Gasteiger partial charge in [0.15, 0.2) is 0 Å². The molecule has 1 aliphatic heterocycles. The maximum absolute atomic E-state index is 4.47. The van der Waals surface area contributed by atoms with Crippen molar-refractivity contribution in [3.05, 3.63) is 12.3 Å².